The van der Waals surface area contributed by atoms with E-state index in [0.717, 1.165) is 11.1 Å². The number of rotatable bonds is 0. The largest absolute Gasteiger partial charge is 0.235 e. The first-order valence-corrected chi connectivity index (χ1v) is 3.30. The average Bonchev–Trinajstić information content (AvgIpc) is 1.99. The van der Waals surface area contributed by atoms with E-state index in [1.165, 1.54) is 6.07 Å². The van der Waals surface area contributed by atoms with Crippen LogP contribution in [0, 0.1) is 26.2 Å². The maximum absolute atomic E-state index is 12.8. The molecule has 0 fully saturated rings. The second-order valence-electron chi connectivity index (χ2n) is 2.45. The van der Waals surface area contributed by atoms with Crippen molar-refractivity contribution >= 4 is 5.69 Å². The van der Waals surface area contributed by atoms with Gasteiger partial charge in [0, 0.05) is 0 Å². The number of benzene rings is 1. The Labute approximate surface area is 65.3 Å². The summed E-state index contributed by atoms with van der Waals surface area (Å²) in [5.74, 6) is -0.428. The normalized spacial score (nSPS) is 9.27. The molecule has 1 aromatic carbocycles. The highest BCUT2D eigenvalue weighted by atomic mass is 19.1. The summed E-state index contributed by atoms with van der Waals surface area (Å²) >= 11 is 0. The van der Waals surface area contributed by atoms with Crippen molar-refractivity contribution in [2.24, 2.45) is 0 Å². The zero-order valence-corrected chi connectivity index (χ0v) is 6.48. The topological polar surface area (TPSA) is 4.36 Å². The molecule has 11 heavy (non-hydrogen) atoms. The molecule has 0 aliphatic rings. The Morgan fingerprint density at radius 2 is 2.00 bits per heavy atom. The van der Waals surface area contributed by atoms with Crippen molar-refractivity contribution < 1.29 is 4.39 Å². The molecule has 0 spiro atoms. The molecule has 0 radical (unpaired) electrons. The van der Waals surface area contributed by atoms with Crippen molar-refractivity contribution in [3.05, 3.63) is 40.5 Å². The molecule has 2 heteroatoms. The van der Waals surface area contributed by atoms with Gasteiger partial charge < -0.3 is 0 Å². The molecule has 1 aromatic rings. The first-order valence-electron chi connectivity index (χ1n) is 3.30. The lowest BCUT2D eigenvalue weighted by Gasteiger charge is -2.01. The van der Waals surface area contributed by atoms with Gasteiger partial charge in [-0.05, 0) is 25.5 Å². The molecule has 0 saturated carbocycles. The van der Waals surface area contributed by atoms with Crippen LogP contribution in [0.2, 0.25) is 0 Å². The lowest BCUT2D eigenvalue weighted by atomic mass is 10.1. The molecule has 1 rings (SSSR count). The van der Waals surface area contributed by atoms with Gasteiger partial charge in [0.25, 0.3) is 0 Å². The van der Waals surface area contributed by atoms with Gasteiger partial charge in [0.15, 0.2) is 0 Å². The van der Waals surface area contributed by atoms with Crippen LogP contribution in [0.25, 0.3) is 4.85 Å². The summed E-state index contributed by atoms with van der Waals surface area (Å²) in [4.78, 5) is 3.11. The minimum atomic E-state index is -0.428. The molecule has 1 nitrogen and oxygen atoms in total. The van der Waals surface area contributed by atoms with Crippen LogP contribution < -0.4 is 0 Å². The van der Waals surface area contributed by atoms with Crippen LogP contribution in [0.15, 0.2) is 12.1 Å². The Morgan fingerprint density at radius 3 is 2.45 bits per heavy atom. The van der Waals surface area contributed by atoms with E-state index >= 15 is 0 Å². The smallest absolute Gasteiger partial charge is 0.225 e. The molecule has 0 amide bonds. The SMILES string of the molecule is [C-]#[N+]c1c(F)ccc(C)c1C. The Morgan fingerprint density at radius 1 is 1.36 bits per heavy atom. The second-order valence-corrected chi connectivity index (χ2v) is 2.45. The fourth-order valence-corrected chi connectivity index (χ4v) is 0.905. The molecule has 0 atom stereocenters. The van der Waals surface area contributed by atoms with E-state index in [4.69, 9.17) is 6.57 Å². The van der Waals surface area contributed by atoms with Crippen molar-refractivity contribution in [2.75, 3.05) is 0 Å². The van der Waals surface area contributed by atoms with E-state index < -0.39 is 5.82 Å². The summed E-state index contributed by atoms with van der Waals surface area (Å²) in [6.45, 7) is 10.3. The fraction of sp³-hybridized carbons (Fsp3) is 0.222. The van der Waals surface area contributed by atoms with E-state index in [2.05, 4.69) is 4.85 Å². The molecule has 0 aliphatic carbocycles. The second kappa shape index (κ2) is 2.71. The minimum absolute atomic E-state index is 0.144. The van der Waals surface area contributed by atoms with Crippen molar-refractivity contribution in [2.45, 2.75) is 13.8 Å². The van der Waals surface area contributed by atoms with E-state index in [0.29, 0.717) is 0 Å². The predicted octanol–water partition coefficient (Wildman–Crippen LogP) is 2.99. The fourth-order valence-electron chi connectivity index (χ4n) is 0.905. The monoisotopic (exact) mass is 149 g/mol. The first kappa shape index (κ1) is 7.74. The number of aryl methyl sites for hydroxylation is 1. The van der Waals surface area contributed by atoms with Crippen LogP contribution in [0.4, 0.5) is 10.1 Å². The molecule has 0 saturated heterocycles. The van der Waals surface area contributed by atoms with Crippen LogP contribution in [-0.4, -0.2) is 0 Å². The molecule has 0 aromatic heterocycles. The lowest BCUT2D eigenvalue weighted by Crippen LogP contribution is -1.83. The third kappa shape index (κ3) is 1.22. The number of halogens is 1. The predicted molar refractivity (Wildman–Crippen MR) is 42.1 cm³/mol. The van der Waals surface area contributed by atoms with E-state index in [1.807, 2.05) is 6.92 Å². The maximum atomic E-state index is 12.8. The third-order valence-corrected chi connectivity index (χ3v) is 1.76. The Kier molecular flexibility index (Phi) is 1.91. The van der Waals surface area contributed by atoms with E-state index in [-0.39, 0.29) is 5.69 Å². The van der Waals surface area contributed by atoms with Crippen LogP contribution >= 0.6 is 0 Å². The highest BCUT2D eigenvalue weighted by Crippen LogP contribution is 2.24. The van der Waals surface area contributed by atoms with Gasteiger partial charge in [-0.1, -0.05) is 11.6 Å². The average molecular weight is 149 g/mol. The molecule has 0 bridgehead atoms. The van der Waals surface area contributed by atoms with Gasteiger partial charge in [0.1, 0.15) is 5.82 Å². The summed E-state index contributed by atoms with van der Waals surface area (Å²) in [5, 5.41) is 0. The number of hydrogen-bond donors (Lipinski definition) is 0. The van der Waals surface area contributed by atoms with Crippen LogP contribution in [0.5, 0.6) is 0 Å². The molecule has 0 N–H and O–H groups in total. The zero-order valence-electron chi connectivity index (χ0n) is 6.48. The lowest BCUT2D eigenvalue weighted by molar-refractivity contribution is 0.632. The van der Waals surface area contributed by atoms with Crippen LogP contribution in [0.1, 0.15) is 11.1 Å². The van der Waals surface area contributed by atoms with E-state index in [9.17, 15) is 4.39 Å². The van der Waals surface area contributed by atoms with Crippen molar-refractivity contribution in [3.63, 3.8) is 0 Å². The molecule has 0 unspecified atom stereocenters. The summed E-state index contributed by atoms with van der Waals surface area (Å²) in [6.07, 6.45) is 0. The highest BCUT2D eigenvalue weighted by molar-refractivity contribution is 5.55. The number of nitrogens with zero attached hydrogens (tertiary/aromatic N) is 1. The van der Waals surface area contributed by atoms with Gasteiger partial charge >= 0.3 is 0 Å². The maximum Gasteiger partial charge on any atom is 0.225 e. The summed E-state index contributed by atoms with van der Waals surface area (Å²) in [5.41, 5.74) is 1.84. The van der Waals surface area contributed by atoms with E-state index in [1.54, 1.807) is 13.0 Å². The third-order valence-electron chi connectivity index (χ3n) is 1.76. The van der Waals surface area contributed by atoms with Gasteiger partial charge in [0.05, 0.1) is 6.57 Å². The summed E-state index contributed by atoms with van der Waals surface area (Å²) in [6, 6.07) is 3.01. The van der Waals surface area contributed by atoms with Gasteiger partial charge in [-0.15, -0.1) is 0 Å². The standard InChI is InChI=1S/C9H8FN/c1-6-4-5-8(10)9(11-3)7(6)2/h4-5H,1-2H3. The van der Waals surface area contributed by atoms with Gasteiger partial charge in [0.2, 0.25) is 5.69 Å². The van der Waals surface area contributed by atoms with Crippen LogP contribution in [-0.2, 0) is 0 Å². The zero-order chi connectivity index (χ0) is 8.43. The highest BCUT2D eigenvalue weighted by Gasteiger charge is 2.05. The van der Waals surface area contributed by atoms with Crippen LogP contribution in [0.3, 0.4) is 0 Å². The number of hydrogen-bond acceptors (Lipinski definition) is 0. The van der Waals surface area contributed by atoms with Crippen molar-refractivity contribution in [1.82, 2.24) is 0 Å². The Bertz CT molecular complexity index is 323. The Hall–Kier alpha value is -1.36. The van der Waals surface area contributed by atoms with Crippen molar-refractivity contribution in [1.29, 1.82) is 0 Å². The van der Waals surface area contributed by atoms with Gasteiger partial charge in [-0.25, -0.2) is 9.24 Å². The molecule has 56 valence electrons. The molecular weight excluding hydrogens is 141 g/mol. The minimum Gasteiger partial charge on any atom is -0.235 e. The Balaban J connectivity index is 3.44. The molecule has 0 aliphatic heterocycles. The van der Waals surface area contributed by atoms with Crippen molar-refractivity contribution in [3.8, 4) is 0 Å². The van der Waals surface area contributed by atoms with Gasteiger partial charge in [-0.3, -0.25) is 0 Å². The first-order chi connectivity index (χ1) is 5.16. The molecule has 0 heterocycles. The molecular formula is C9H8FN. The summed E-state index contributed by atoms with van der Waals surface area (Å²) in [7, 11) is 0. The van der Waals surface area contributed by atoms with Gasteiger partial charge in [-0.2, -0.15) is 0 Å². The summed E-state index contributed by atoms with van der Waals surface area (Å²) < 4.78 is 12.8. The quantitative estimate of drug-likeness (QED) is 0.499.